The van der Waals surface area contributed by atoms with Crippen LogP contribution in [0.25, 0.3) is 0 Å². The minimum absolute atomic E-state index is 0.151. The SMILES string of the molecule is CCSC(=O)[C@@H](OC1CCCCO1)C1CCCCC1. The Morgan fingerprint density at radius 3 is 2.58 bits per heavy atom. The highest BCUT2D eigenvalue weighted by atomic mass is 32.2. The van der Waals surface area contributed by atoms with Gasteiger partial charge in [0.2, 0.25) is 5.12 Å². The number of rotatable bonds is 5. The fraction of sp³-hybridized carbons (Fsp3) is 0.933. The summed E-state index contributed by atoms with van der Waals surface area (Å²) in [7, 11) is 0. The molecule has 1 unspecified atom stereocenters. The molecule has 0 bridgehead atoms. The Morgan fingerprint density at radius 2 is 1.95 bits per heavy atom. The fourth-order valence-electron chi connectivity index (χ4n) is 3.00. The lowest BCUT2D eigenvalue weighted by Crippen LogP contribution is -2.38. The van der Waals surface area contributed by atoms with Crippen LogP contribution >= 0.6 is 11.8 Å². The van der Waals surface area contributed by atoms with E-state index in [1.165, 1.54) is 31.0 Å². The molecule has 4 heteroatoms. The van der Waals surface area contributed by atoms with Crippen LogP contribution < -0.4 is 0 Å². The van der Waals surface area contributed by atoms with Crippen molar-refractivity contribution in [3.8, 4) is 0 Å². The lowest BCUT2D eigenvalue weighted by atomic mass is 9.85. The maximum absolute atomic E-state index is 12.3. The van der Waals surface area contributed by atoms with Crippen LogP contribution in [0.3, 0.4) is 0 Å². The number of ether oxygens (including phenoxy) is 2. The Hall–Kier alpha value is -0.0600. The molecule has 2 atom stereocenters. The molecule has 0 radical (unpaired) electrons. The van der Waals surface area contributed by atoms with Crippen LogP contribution in [0, 0.1) is 5.92 Å². The number of thioether (sulfide) groups is 1. The van der Waals surface area contributed by atoms with E-state index >= 15 is 0 Å². The third-order valence-corrected chi connectivity index (χ3v) is 4.84. The van der Waals surface area contributed by atoms with E-state index in [1.807, 2.05) is 6.92 Å². The molecule has 3 nitrogen and oxygen atoms in total. The van der Waals surface area contributed by atoms with Crippen molar-refractivity contribution in [1.82, 2.24) is 0 Å². The Bertz CT molecular complexity index is 271. The molecule has 1 saturated carbocycles. The maximum atomic E-state index is 12.3. The summed E-state index contributed by atoms with van der Waals surface area (Å²) in [4.78, 5) is 12.3. The molecule has 1 saturated heterocycles. The van der Waals surface area contributed by atoms with Crippen molar-refractivity contribution in [3.05, 3.63) is 0 Å². The second-order valence-electron chi connectivity index (χ2n) is 5.50. The second kappa shape index (κ2) is 8.28. The predicted octanol–water partition coefficient (Wildman–Crippen LogP) is 3.76. The third-order valence-electron chi connectivity index (χ3n) is 4.03. The first kappa shape index (κ1) is 15.3. The van der Waals surface area contributed by atoms with Crippen LogP contribution in [0.4, 0.5) is 0 Å². The summed E-state index contributed by atoms with van der Waals surface area (Å²) in [6, 6.07) is 0. The summed E-state index contributed by atoms with van der Waals surface area (Å²) in [5.41, 5.74) is 0. The molecule has 110 valence electrons. The molecule has 19 heavy (non-hydrogen) atoms. The van der Waals surface area contributed by atoms with E-state index in [0.717, 1.165) is 44.5 Å². The lowest BCUT2D eigenvalue weighted by Gasteiger charge is -2.33. The molecule has 2 rings (SSSR count). The van der Waals surface area contributed by atoms with Crippen molar-refractivity contribution >= 4 is 16.9 Å². The Morgan fingerprint density at radius 1 is 1.21 bits per heavy atom. The summed E-state index contributed by atoms with van der Waals surface area (Å²) in [5, 5.41) is 0.212. The van der Waals surface area contributed by atoms with Gasteiger partial charge in [0.15, 0.2) is 6.29 Å². The molecule has 0 spiro atoms. The highest BCUT2D eigenvalue weighted by Gasteiger charge is 2.33. The average molecular weight is 286 g/mol. The van der Waals surface area contributed by atoms with E-state index in [2.05, 4.69) is 0 Å². The van der Waals surface area contributed by atoms with Gasteiger partial charge in [-0.25, -0.2) is 0 Å². The van der Waals surface area contributed by atoms with Crippen molar-refractivity contribution in [2.24, 2.45) is 5.92 Å². The van der Waals surface area contributed by atoms with Crippen molar-refractivity contribution < 1.29 is 14.3 Å². The van der Waals surface area contributed by atoms with Crippen LogP contribution in [0.2, 0.25) is 0 Å². The van der Waals surface area contributed by atoms with Gasteiger partial charge in [0, 0.05) is 6.61 Å². The van der Waals surface area contributed by atoms with Gasteiger partial charge in [-0.2, -0.15) is 0 Å². The highest BCUT2D eigenvalue weighted by Crippen LogP contribution is 2.32. The molecular weight excluding hydrogens is 260 g/mol. The Labute approximate surface area is 120 Å². The van der Waals surface area contributed by atoms with Crippen molar-refractivity contribution in [3.63, 3.8) is 0 Å². The van der Waals surface area contributed by atoms with Crippen LogP contribution in [0.1, 0.15) is 58.3 Å². The minimum Gasteiger partial charge on any atom is -0.353 e. The van der Waals surface area contributed by atoms with Gasteiger partial charge in [0.05, 0.1) is 0 Å². The van der Waals surface area contributed by atoms with Gasteiger partial charge in [-0.1, -0.05) is 37.9 Å². The first-order valence-corrected chi connectivity index (χ1v) is 8.73. The van der Waals surface area contributed by atoms with Crippen LogP contribution in [0.15, 0.2) is 0 Å². The standard InChI is InChI=1S/C15H26O3S/c1-2-19-15(16)14(12-8-4-3-5-9-12)18-13-10-6-7-11-17-13/h12-14H,2-11H2,1H3/t13?,14-/m0/s1. The molecule has 0 aromatic carbocycles. The average Bonchev–Trinajstić information content (AvgIpc) is 2.47. The summed E-state index contributed by atoms with van der Waals surface area (Å²) in [6.45, 7) is 2.80. The summed E-state index contributed by atoms with van der Waals surface area (Å²) in [5.74, 6) is 1.24. The zero-order valence-corrected chi connectivity index (χ0v) is 12.8. The van der Waals surface area contributed by atoms with E-state index in [0.29, 0.717) is 5.92 Å². The van der Waals surface area contributed by atoms with Crippen LogP contribution in [-0.4, -0.2) is 29.9 Å². The minimum atomic E-state index is -0.242. The molecular formula is C15H26O3S. The maximum Gasteiger partial charge on any atom is 0.218 e. The van der Waals surface area contributed by atoms with Gasteiger partial charge in [-0.3, -0.25) is 4.79 Å². The van der Waals surface area contributed by atoms with Gasteiger partial charge in [0.1, 0.15) is 6.10 Å². The van der Waals surface area contributed by atoms with Gasteiger partial charge in [-0.15, -0.1) is 0 Å². The molecule has 1 heterocycles. The summed E-state index contributed by atoms with van der Waals surface area (Å²) >= 11 is 1.40. The molecule has 2 aliphatic rings. The monoisotopic (exact) mass is 286 g/mol. The smallest absolute Gasteiger partial charge is 0.218 e. The Balaban J connectivity index is 1.93. The van der Waals surface area contributed by atoms with Gasteiger partial charge < -0.3 is 9.47 Å². The molecule has 1 aliphatic heterocycles. The lowest BCUT2D eigenvalue weighted by molar-refractivity contribution is -0.198. The largest absolute Gasteiger partial charge is 0.353 e. The first-order chi connectivity index (χ1) is 9.31. The van der Waals surface area contributed by atoms with E-state index in [9.17, 15) is 4.79 Å². The first-order valence-electron chi connectivity index (χ1n) is 7.75. The number of hydrogen-bond donors (Lipinski definition) is 0. The molecule has 1 aliphatic carbocycles. The normalized spacial score (nSPS) is 27.1. The molecule has 0 aromatic heterocycles. The van der Waals surface area contributed by atoms with E-state index < -0.39 is 0 Å². The molecule has 0 N–H and O–H groups in total. The van der Waals surface area contributed by atoms with E-state index in [-0.39, 0.29) is 17.5 Å². The van der Waals surface area contributed by atoms with Crippen LogP contribution in [0.5, 0.6) is 0 Å². The van der Waals surface area contributed by atoms with Gasteiger partial charge >= 0.3 is 0 Å². The molecule has 0 amide bonds. The van der Waals surface area contributed by atoms with Crippen molar-refractivity contribution in [2.45, 2.75) is 70.7 Å². The summed E-state index contributed by atoms with van der Waals surface area (Å²) in [6.07, 6.45) is 8.85. The number of carbonyl (C=O) groups is 1. The molecule has 0 aromatic rings. The highest BCUT2D eigenvalue weighted by molar-refractivity contribution is 8.13. The third kappa shape index (κ3) is 4.76. The predicted molar refractivity (Wildman–Crippen MR) is 78.2 cm³/mol. The van der Waals surface area contributed by atoms with Crippen molar-refractivity contribution in [1.29, 1.82) is 0 Å². The Kier molecular flexibility index (Phi) is 6.68. The zero-order valence-electron chi connectivity index (χ0n) is 11.9. The second-order valence-corrected chi connectivity index (χ2v) is 6.77. The van der Waals surface area contributed by atoms with Gasteiger partial charge in [-0.05, 0) is 43.8 Å². The van der Waals surface area contributed by atoms with E-state index in [1.54, 1.807) is 0 Å². The van der Waals surface area contributed by atoms with Gasteiger partial charge in [0.25, 0.3) is 0 Å². The quantitative estimate of drug-likeness (QED) is 0.771. The van der Waals surface area contributed by atoms with E-state index in [4.69, 9.17) is 9.47 Å². The summed E-state index contributed by atoms with van der Waals surface area (Å²) < 4.78 is 11.7. The van der Waals surface area contributed by atoms with Crippen molar-refractivity contribution in [2.75, 3.05) is 12.4 Å². The molecule has 2 fully saturated rings. The fourth-order valence-corrected chi connectivity index (χ4v) is 3.70. The zero-order chi connectivity index (χ0) is 13.5. The topological polar surface area (TPSA) is 35.5 Å². The number of carbonyl (C=O) groups excluding carboxylic acids is 1. The number of hydrogen-bond acceptors (Lipinski definition) is 4. The van der Waals surface area contributed by atoms with Crippen LogP contribution in [-0.2, 0) is 14.3 Å².